The zero-order valence-electron chi connectivity index (χ0n) is 21.6. The molecule has 1 saturated heterocycles. The smallest absolute Gasteiger partial charge is 0.407 e. The number of hydrogen-bond acceptors (Lipinski definition) is 9. The fourth-order valence-electron chi connectivity index (χ4n) is 3.54. The van der Waals surface area contributed by atoms with Crippen LogP contribution in [0.2, 0.25) is 0 Å². The van der Waals surface area contributed by atoms with E-state index in [1.165, 1.54) is 0 Å². The van der Waals surface area contributed by atoms with Gasteiger partial charge in [-0.1, -0.05) is 0 Å². The van der Waals surface area contributed by atoms with Gasteiger partial charge >= 0.3 is 12.1 Å². The molecule has 1 aliphatic rings. The van der Waals surface area contributed by atoms with Gasteiger partial charge in [0.25, 0.3) is 0 Å². The molecule has 1 amide bonds. The SMILES string of the molecule is CCOC(=O)c1cnn(C2CCN(CCOCCOCCOCCNC(=O)OC(C)(C)C)CC2)c1. The van der Waals surface area contributed by atoms with Crippen molar-refractivity contribution in [3.63, 3.8) is 0 Å². The van der Waals surface area contributed by atoms with Gasteiger partial charge in [-0.2, -0.15) is 5.10 Å². The summed E-state index contributed by atoms with van der Waals surface area (Å²) < 4.78 is 28.6. The number of alkyl carbamates (subject to hydrolysis) is 1. The van der Waals surface area contributed by atoms with Gasteiger partial charge in [0, 0.05) is 32.4 Å². The minimum atomic E-state index is -0.503. The second-order valence-electron chi connectivity index (χ2n) is 9.27. The maximum absolute atomic E-state index is 11.8. The van der Waals surface area contributed by atoms with Crippen LogP contribution in [0.1, 0.15) is 56.9 Å². The second-order valence-corrected chi connectivity index (χ2v) is 9.27. The molecule has 2 rings (SSSR count). The first-order valence-corrected chi connectivity index (χ1v) is 12.4. The number of amides is 1. The van der Waals surface area contributed by atoms with Crippen molar-refractivity contribution in [1.82, 2.24) is 20.0 Å². The highest BCUT2D eigenvalue weighted by molar-refractivity contribution is 5.88. The van der Waals surface area contributed by atoms with Crippen LogP contribution in [0.4, 0.5) is 4.79 Å². The van der Waals surface area contributed by atoms with E-state index in [9.17, 15) is 9.59 Å². The summed E-state index contributed by atoms with van der Waals surface area (Å²) in [6.07, 6.45) is 4.89. The minimum absolute atomic E-state index is 0.305. The van der Waals surface area contributed by atoms with Crippen LogP contribution in [-0.4, -0.2) is 105 Å². The molecule has 0 atom stereocenters. The van der Waals surface area contributed by atoms with Gasteiger partial charge in [0.2, 0.25) is 0 Å². The van der Waals surface area contributed by atoms with Crippen LogP contribution >= 0.6 is 0 Å². The Kier molecular flexibility index (Phi) is 13.0. The van der Waals surface area contributed by atoms with Gasteiger partial charge in [-0.05, 0) is 40.5 Å². The summed E-state index contributed by atoms with van der Waals surface area (Å²) >= 11 is 0. The minimum Gasteiger partial charge on any atom is -0.462 e. The van der Waals surface area contributed by atoms with Crippen LogP contribution in [0, 0.1) is 0 Å². The third-order valence-electron chi connectivity index (χ3n) is 5.25. The molecule has 1 aromatic rings. The molecule has 0 spiro atoms. The summed E-state index contributed by atoms with van der Waals surface area (Å²) in [5, 5.41) is 6.99. The molecule has 2 heterocycles. The summed E-state index contributed by atoms with van der Waals surface area (Å²) in [5.41, 5.74) is 0.00294. The third-order valence-corrected chi connectivity index (χ3v) is 5.25. The van der Waals surface area contributed by atoms with E-state index < -0.39 is 11.7 Å². The summed E-state index contributed by atoms with van der Waals surface area (Å²) in [7, 11) is 0. The van der Waals surface area contributed by atoms with E-state index in [-0.39, 0.29) is 5.97 Å². The van der Waals surface area contributed by atoms with Gasteiger partial charge in [-0.25, -0.2) is 9.59 Å². The quantitative estimate of drug-likeness (QED) is 0.287. The first-order valence-electron chi connectivity index (χ1n) is 12.4. The predicted molar refractivity (Wildman–Crippen MR) is 130 cm³/mol. The molecular formula is C24H42N4O7. The molecule has 0 radical (unpaired) electrons. The van der Waals surface area contributed by atoms with Gasteiger partial charge in [0.05, 0.1) is 64.1 Å². The fourth-order valence-corrected chi connectivity index (χ4v) is 3.54. The molecular weight excluding hydrogens is 456 g/mol. The van der Waals surface area contributed by atoms with Gasteiger partial charge in [0.15, 0.2) is 0 Å². The lowest BCUT2D eigenvalue weighted by Crippen LogP contribution is -2.37. The Bertz CT molecular complexity index is 742. The molecule has 0 aromatic carbocycles. The lowest BCUT2D eigenvalue weighted by molar-refractivity contribution is 0.00871. The molecule has 0 bridgehead atoms. The number of ether oxygens (including phenoxy) is 5. The second kappa shape index (κ2) is 15.7. The Morgan fingerprint density at radius 2 is 1.66 bits per heavy atom. The van der Waals surface area contributed by atoms with Crippen molar-refractivity contribution in [1.29, 1.82) is 0 Å². The van der Waals surface area contributed by atoms with E-state index >= 15 is 0 Å². The zero-order chi connectivity index (χ0) is 25.5. The summed E-state index contributed by atoms with van der Waals surface area (Å²) in [6, 6.07) is 0.305. The number of likely N-dealkylation sites (tertiary alicyclic amines) is 1. The van der Waals surface area contributed by atoms with Crippen molar-refractivity contribution in [2.45, 2.75) is 52.2 Å². The Hall–Kier alpha value is -2.21. The Morgan fingerprint density at radius 1 is 1.03 bits per heavy atom. The number of carbonyl (C=O) groups is 2. The van der Waals surface area contributed by atoms with E-state index in [1.54, 1.807) is 19.3 Å². The highest BCUT2D eigenvalue weighted by atomic mass is 16.6. The maximum atomic E-state index is 11.8. The highest BCUT2D eigenvalue weighted by Gasteiger charge is 2.22. The molecule has 1 aromatic heterocycles. The monoisotopic (exact) mass is 498 g/mol. The molecule has 1 N–H and O–H groups in total. The first-order chi connectivity index (χ1) is 16.8. The highest BCUT2D eigenvalue weighted by Crippen LogP contribution is 2.22. The van der Waals surface area contributed by atoms with Gasteiger partial charge in [0.1, 0.15) is 5.60 Å². The van der Waals surface area contributed by atoms with E-state index in [0.29, 0.717) is 64.4 Å². The molecule has 0 aliphatic carbocycles. The number of piperidine rings is 1. The van der Waals surface area contributed by atoms with Gasteiger partial charge < -0.3 is 33.9 Å². The van der Waals surface area contributed by atoms with Crippen LogP contribution in [-0.2, 0) is 23.7 Å². The molecule has 11 heteroatoms. The Balaban J connectivity index is 1.40. The Labute approximate surface area is 208 Å². The molecule has 0 unspecified atom stereocenters. The number of nitrogens with zero attached hydrogens (tertiary/aromatic N) is 3. The van der Waals surface area contributed by atoms with Crippen molar-refractivity contribution in [3.05, 3.63) is 18.0 Å². The fraction of sp³-hybridized carbons (Fsp3) is 0.792. The molecule has 1 fully saturated rings. The zero-order valence-corrected chi connectivity index (χ0v) is 21.6. The predicted octanol–water partition coefficient (Wildman–Crippen LogP) is 2.27. The molecule has 0 saturated carbocycles. The van der Waals surface area contributed by atoms with Gasteiger partial charge in [-0.3, -0.25) is 4.68 Å². The normalized spacial score (nSPS) is 15.2. The van der Waals surface area contributed by atoms with Crippen molar-refractivity contribution in [3.8, 4) is 0 Å². The number of hydrogen-bond donors (Lipinski definition) is 1. The van der Waals surface area contributed by atoms with Crippen LogP contribution in [0.15, 0.2) is 12.4 Å². The lowest BCUT2D eigenvalue weighted by Gasteiger charge is -2.31. The number of nitrogens with one attached hydrogen (secondary N) is 1. The largest absolute Gasteiger partial charge is 0.462 e. The first kappa shape index (κ1) is 29.0. The number of aromatic nitrogens is 2. The molecule has 11 nitrogen and oxygen atoms in total. The average molecular weight is 499 g/mol. The number of carbonyl (C=O) groups excluding carboxylic acids is 2. The van der Waals surface area contributed by atoms with E-state index in [2.05, 4.69) is 15.3 Å². The third kappa shape index (κ3) is 12.4. The van der Waals surface area contributed by atoms with E-state index in [0.717, 1.165) is 32.5 Å². The standard InChI is InChI=1S/C24H42N4O7/c1-5-34-22(29)20-18-26-28(19-20)21-6-9-27(10-7-21)11-13-32-15-17-33-16-14-31-12-8-25-23(30)35-24(2,3)4/h18-19,21H,5-17H2,1-4H3,(H,25,30). The molecule has 200 valence electrons. The van der Waals surface area contributed by atoms with Crippen molar-refractivity contribution in [2.24, 2.45) is 0 Å². The Morgan fingerprint density at radius 3 is 2.29 bits per heavy atom. The van der Waals surface area contributed by atoms with Crippen LogP contribution in [0.5, 0.6) is 0 Å². The summed E-state index contributed by atoms with van der Waals surface area (Å²) in [4.78, 5) is 25.7. The number of esters is 1. The van der Waals surface area contributed by atoms with Gasteiger partial charge in [-0.15, -0.1) is 0 Å². The summed E-state index contributed by atoms with van der Waals surface area (Å²) in [6.45, 7) is 13.9. The van der Waals surface area contributed by atoms with Crippen molar-refractivity contribution >= 4 is 12.1 Å². The van der Waals surface area contributed by atoms with E-state index in [4.69, 9.17) is 23.7 Å². The topological polar surface area (TPSA) is 113 Å². The van der Waals surface area contributed by atoms with Crippen molar-refractivity contribution in [2.75, 3.05) is 72.4 Å². The average Bonchev–Trinajstić information content (AvgIpc) is 3.30. The molecule has 1 aliphatic heterocycles. The maximum Gasteiger partial charge on any atom is 0.407 e. The van der Waals surface area contributed by atoms with E-state index in [1.807, 2.05) is 25.5 Å². The van der Waals surface area contributed by atoms with Crippen molar-refractivity contribution < 1.29 is 33.3 Å². The van der Waals surface area contributed by atoms with Crippen LogP contribution in [0.3, 0.4) is 0 Å². The van der Waals surface area contributed by atoms with Crippen LogP contribution < -0.4 is 5.32 Å². The van der Waals surface area contributed by atoms with Crippen LogP contribution in [0.25, 0.3) is 0 Å². The lowest BCUT2D eigenvalue weighted by atomic mass is 10.1. The molecule has 35 heavy (non-hydrogen) atoms. The number of rotatable bonds is 15. The summed E-state index contributed by atoms with van der Waals surface area (Å²) in [5.74, 6) is -0.322.